The molecular weight excluding hydrogens is 479 g/mol. The Morgan fingerprint density at radius 1 is 1.00 bits per heavy atom. The van der Waals surface area contributed by atoms with Crippen LogP contribution in [0, 0.1) is 10.1 Å². The molecule has 0 saturated heterocycles. The van der Waals surface area contributed by atoms with Crippen LogP contribution < -0.4 is 10.6 Å². The number of hydrogen-bond donors (Lipinski definition) is 2. The zero-order valence-electron chi connectivity index (χ0n) is 17.1. The van der Waals surface area contributed by atoms with E-state index in [1.165, 1.54) is 42.5 Å². The number of amides is 1. The zero-order valence-corrected chi connectivity index (χ0v) is 17.8. The van der Waals surface area contributed by atoms with E-state index in [9.17, 15) is 32.9 Å². The quantitative estimate of drug-likeness (QED) is 0.244. The van der Waals surface area contributed by atoms with Crippen LogP contribution in [-0.4, -0.2) is 23.4 Å². The molecule has 0 radical (unpaired) electrons. The lowest BCUT2D eigenvalue weighted by Crippen LogP contribution is -2.21. The largest absolute Gasteiger partial charge is 0.452 e. The summed E-state index contributed by atoms with van der Waals surface area (Å²) in [6.07, 6.45) is -4.54. The van der Waals surface area contributed by atoms with E-state index in [2.05, 4.69) is 10.6 Å². The Hall–Kier alpha value is -4.12. The number of anilines is 3. The number of halogens is 4. The third-order valence-corrected chi connectivity index (χ3v) is 4.61. The molecule has 0 unspecified atom stereocenters. The summed E-state index contributed by atoms with van der Waals surface area (Å²) in [4.78, 5) is 35.1. The number of nitro groups is 1. The van der Waals surface area contributed by atoms with Gasteiger partial charge in [-0.05, 0) is 42.5 Å². The Morgan fingerprint density at radius 3 is 2.44 bits per heavy atom. The second-order valence-electron chi connectivity index (χ2n) is 6.79. The zero-order chi connectivity index (χ0) is 24.9. The van der Waals surface area contributed by atoms with Crippen molar-refractivity contribution in [1.29, 1.82) is 0 Å². The molecule has 3 aromatic rings. The Balaban J connectivity index is 1.70. The highest BCUT2D eigenvalue weighted by Crippen LogP contribution is 2.32. The Bertz CT molecular complexity index is 1250. The highest BCUT2D eigenvalue weighted by atomic mass is 35.5. The van der Waals surface area contributed by atoms with Crippen molar-refractivity contribution in [2.75, 3.05) is 17.2 Å². The van der Waals surface area contributed by atoms with Crippen molar-refractivity contribution >= 4 is 46.2 Å². The Labute approximate surface area is 195 Å². The first-order valence-corrected chi connectivity index (χ1v) is 9.86. The Morgan fingerprint density at radius 2 is 1.74 bits per heavy atom. The summed E-state index contributed by atoms with van der Waals surface area (Å²) in [5, 5.41) is 16.2. The number of benzene rings is 3. The number of nitrogens with zero attached hydrogens (tertiary/aromatic N) is 1. The SMILES string of the molecule is O=C(COC(=O)c1ccccc1Nc1cccc(C(F)(F)F)c1)Nc1cc(Cl)ccc1[N+](=O)[O-]. The van der Waals surface area contributed by atoms with E-state index < -0.39 is 40.8 Å². The van der Waals surface area contributed by atoms with Gasteiger partial charge in [0.15, 0.2) is 6.61 Å². The van der Waals surface area contributed by atoms with Crippen LogP contribution >= 0.6 is 11.6 Å². The minimum Gasteiger partial charge on any atom is -0.452 e. The average Bonchev–Trinajstić information content (AvgIpc) is 2.77. The molecule has 3 aromatic carbocycles. The summed E-state index contributed by atoms with van der Waals surface area (Å²) in [5.74, 6) is -1.80. The number of rotatable bonds is 7. The monoisotopic (exact) mass is 493 g/mol. The maximum absolute atomic E-state index is 13.0. The number of nitro benzene ring substituents is 1. The number of esters is 1. The standard InChI is InChI=1S/C22H15ClF3N3O5/c23-14-8-9-19(29(32)33)18(11-14)28-20(30)12-34-21(31)16-6-1-2-7-17(16)27-15-5-3-4-13(10-15)22(24,25)26/h1-11,27H,12H2,(H,28,30). The van der Waals surface area contributed by atoms with E-state index in [-0.39, 0.29) is 27.6 Å². The van der Waals surface area contributed by atoms with Crippen LogP contribution in [0.5, 0.6) is 0 Å². The van der Waals surface area contributed by atoms with Crippen molar-refractivity contribution < 1.29 is 32.4 Å². The molecule has 0 aliphatic rings. The van der Waals surface area contributed by atoms with Crippen LogP contribution in [0.3, 0.4) is 0 Å². The molecule has 1 amide bonds. The van der Waals surface area contributed by atoms with Crippen molar-refractivity contribution in [3.63, 3.8) is 0 Å². The van der Waals surface area contributed by atoms with Crippen LogP contribution in [0.2, 0.25) is 5.02 Å². The van der Waals surface area contributed by atoms with Gasteiger partial charge in [0.2, 0.25) is 0 Å². The van der Waals surface area contributed by atoms with Gasteiger partial charge in [-0.3, -0.25) is 14.9 Å². The van der Waals surface area contributed by atoms with E-state index in [0.717, 1.165) is 18.2 Å². The van der Waals surface area contributed by atoms with Gasteiger partial charge in [0.25, 0.3) is 11.6 Å². The highest BCUT2D eigenvalue weighted by Gasteiger charge is 2.30. The molecule has 0 aliphatic heterocycles. The van der Waals surface area contributed by atoms with Gasteiger partial charge in [-0.1, -0.05) is 29.8 Å². The number of carbonyl (C=O) groups is 2. The number of alkyl halides is 3. The first-order chi connectivity index (χ1) is 16.0. The first kappa shape index (κ1) is 24.5. The maximum Gasteiger partial charge on any atom is 0.416 e. The molecule has 8 nitrogen and oxygen atoms in total. The molecule has 0 saturated carbocycles. The van der Waals surface area contributed by atoms with Crippen molar-refractivity contribution in [2.45, 2.75) is 6.18 Å². The van der Waals surface area contributed by atoms with E-state index >= 15 is 0 Å². The summed E-state index contributed by atoms with van der Waals surface area (Å²) in [7, 11) is 0. The molecule has 0 aromatic heterocycles. The molecule has 0 heterocycles. The predicted molar refractivity (Wildman–Crippen MR) is 118 cm³/mol. The number of para-hydroxylation sites is 1. The predicted octanol–water partition coefficient (Wildman–Crippen LogP) is 5.81. The fourth-order valence-electron chi connectivity index (χ4n) is 2.86. The third kappa shape index (κ3) is 6.23. The minimum absolute atomic E-state index is 0.0403. The van der Waals surface area contributed by atoms with E-state index in [4.69, 9.17) is 16.3 Å². The smallest absolute Gasteiger partial charge is 0.416 e. The van der Waals surface area contributed by atoms with Gasteiger partial charge in [0.05, 0.1) is 21.7 Å². The lowest BCUT2D eigenvalue weighted by Gasteiger charge is -2.13. The lowest BCUT2D eigenvalue weighted by molar-refractivity contribution is -0.383. The molecule has 2 N–H and O–H groups in total. The molecule has 176 valence electrons. The second-order valence-corrected chi connectivity index (χ2v) is 7.23. The third-order valence-electron chi connectivity index (χ3n) is 4.38. The molecule has 0 aliphatic carbocycles. The van der Waals surface area contributed by atoms with Gasteiger partial charge in [-0.15, -0.1) is 0 Å². The van der Waals surface area contributed by atoms with Gasteiger partial charge < -0.3 is 15.4 Å². The average molecular weight is 494 g/mol. The first-order valence-electron chi connectivity index (χ1n) is 9.49. The van der Waals surface area contributed by atoms with Crippen molar-refractivity contribution in [2.24, 2.45) is 0 Å². The normalized spacial score (nSPS) is 10.9. The van der Waals surface area contributed by atoms with Crippen LogP contribution in [-0.2, 0) is 15.7 Å². The fourth-order valence-corrected chi connectivity index (χ4v) is 3.03. The number of ether oxygens (including phenoxy) is 1. The van der Waals surface area contributed by atoms with Crippen molar-refractivity contribution in [1.82, 2.24) is 0 Å². The van der Waals surface area contributed by atoms with Crippen LogP contribution in [0.25, 0.3) is 0 Å². The van der Waals surface area contributed by atoms with E-state index in [1.807, 2.05) is 0 Å². The van der Waals surface area contributed by atoms with Crippen LogP contribution in [0.1, 0.15) is 15.9 Å². The highest BCUT2D eigenvalue weighted by molar-refractivity contribution is 6.31. The summed E-state index contributed by atoms with van der Waals surface area (Å²) in [6, 6.07) is 13.8. The summed E-state index contributed by atoms with van der Waals surface area (Å²) < 4.78 is 43.8. The molecule has 12 heteroatoms. The van der Waals surface area contributed by atoms with Crippen molar-refractivity contribution in [3.8, 4) is 0 Å². The fraction of sp³-hybridized carbons (Fsp3) is 0.0909. The number of hydrogen-bond acceptors (Lipinski definition) is 6. The van der Waals surface area contributed by atoms with Gasteiger partial charge >= 0.3 is 12.1 Å². The van der Waals surface area contributed by atoms with Crippen LogP contribution in [0.4, 0.5) is 35.9 Å². The molecular formula is C22H15ClF3N3O5. The Kier molecular flexibility index (Phi) is 7.37. The summed E-state index contributed by atoms with van der Waals surface area (Å²) >= 11 is 5.80. The second kappa shape index (κ2) is 10.2. The van der Waals surface area contributed by atoms with Gasteiger partial charge in [-0.2, -0.15) is 13.2 Å². The van der Waals surface area contributed by atoms with E-state index in [0.29, 0.717) is 0 Å². The number of carbonyl (C=O) groups excluding carboxylic acids is 2. The minimum atomic E-state index is -4.54. The summed E-state index contributed by atoms with van der Waals surface area (Å²) in [6.45, 7) is -0.777. The topological polar surface area (TPSA) is 111 Å². The summed E-state index contributed by atoms with van der Waals surface area (Å²) in [5.41, 5.74) is -1.26. The van der Waals surface area contributed by atoms with Crippen molar-refractivity contribution in [3.05, 3.63) is 93.0 Å². The van der Waals surface area contributed by atoms with E-state index in [1.54, 1.807) is 6.07 Å². The maximum atomic E-state index is 13.0. The molecule has 0 bridgehead atoms. The van der Waals surface area contributed by atoms with Gasteiger partial charge in [0.1, 0.15) is 5.69 Å². The van der Waals surface area contributed by atoms with Gasteiger partial charge in [-0.25, -0.2) is 4.79 Å². The molecule has 0 spiro atoms. The van der Waals surface area contributed by atoms with Gasteiger partial charge in [0, 0.05) is 16.8 Å². The lowest BCUT2D eigenvalue weighted by atomic mass is 10.1. The molecule has 3 rings (SSSR count). The number of nitrogens with one attached hydrogen (secondary N) is 2. The molecule has 0 atom stereocenters. The van der Waals surface area contributed by atoms with Crippen LogP contribution in [0.15, 0.2) is 66.7 Å². The molecule has 0 fully saturated rings. The molecule has 34 heavy (non-hydrogen) atoms.